The number of fused-ring (bicyclic) bond motifs is 1. The van der Waals surface area contributed by atoms with Crippen LogP contribution in [0, 0.1) is 17.3 Å². The quantitative estimate of drug-likeness (QED) is 0.588. The normalized spacial score (nSPS) is 40.8. The van der Waals surface area contributed by atoms with Crippen LogP contribution in [0.4, 0.5) is 0 Å². The van der Waals surface area contributed by atoms with E-state index < -0.39 is 0 Å². The highest BCUT2D eigenvalue weighted by molar-refractivity contribution is 5.66. The Balaban J connectivity index is 2.16. The van der Waals surface area contributed by atoms with E-state index in [1.807, 2.05) is 0 Å². The second kappa shape index (κ2) is 2.56. The van der Waals surface area contributed by atoms with E-state index >= 15 is 0 Å². The molecule has 2 rings (SSSR count). The number of aldehydes is 1. The summed E-state index contributed by atoms with van der Waals surface area (Å²) in [5.41, 5.74) is 0.323. The third-order valence-electron chi connectivity index (χ3n) is 3.79. The zero-order valence-corrected chi connectivity index (χ0v) is 8.06. The van der Waals surface area contributed by atoms with Crippen molar-refractivity contribution in [2.75, 3.05) is 6.54 Å². The monoisotopic (exact) mass is 181 g/mol. The zero-order chi connectivity index (χ0) is 9.64. The SMILES string of the molecule is CC1(C)CC2C(C=O)N(C=O)CC21. The Kier molecular flexibility index (Phi) is 1.72. The van der Waals surface area contributed by atoms with Gasteiger partial charge in [0.2, 0.25) is 6.41 Å². The fourth-order valence-corrected chi connectivity index (χ4v) is 2.95. The molecule has 13 heavy (non-hydrogen) atoms. The van der Waals surface area contributed by atoms with Crippen LogP contribution < -0.4 is 0 Å². The summed E-state index contributed by atoms with van der Waals surface area (Å²) in [4.78, 5) is 23.1. The van der Waals surface area contributed by atoms with Crippen molar-refractivity contribution in [1.82, 2.24) is 4.90 Å². The van der Waals surface area contributed by atoms with Crippen LogP contribution in [0.3, 0.4) is 0 Å². The Morgan fingerprint density at radius 3 is 2.54 bits per heavy atom. The van der Waals surface area contributed by atoms with E-state index in [1.165, 1.54) is 0 Å². The highest BCUT2D eigenvalue weighted by Crippen LogP contribution is 2.56. The molecule has 3 heteroatoms. The first-order chi connectivity index (χ1) is 6.10. The summed E-state index contributed by atoms with van der Waals surface area (Å²) >= 11 is 0. The van der Waals surface area contributed by atoms with Crippen LogP contribution in [0.2, 0.25) is 0 Å². The molecule has 0 aromatic heterocycles. The lowest BCUT2D eigenvalue weighted by molar-refractivity contribution is -0.124. The Hall–Kier alpha value is -0.860. The molecule has 1 heterocycles. The smallest absolute Gasteiger partial charge is 0.210 e. The van der Waals surface area contributed by atoms with Gasteiger partial charge in [0.05, 0.1) is 6.04 Å². The number of hydrogen-bond acceptors (Lipinski definition) is 2. The molecule has 0 N–H and O–H groups in total. The first kappa shape index (κ1) is 8.73. The zero-order valence-electron chi connectivity index (χ0n) is 8.06. The number of carbonyl (C=O) groups excluding carboxylic acids is 2. The molecule has 1 saturated carbocycles. The predicted octanol–water partition coefficient (Wildman–Crippen LogP) is 0.688. The highest BCUT2D eigenvalue weighted by Gasteiger charge is 2.56. The van der Waals surface area contributed by atoms with Crippen molar-refractivity contribution >= 4 is 12.7 Å². The van der Waals surface area contributed by atoms with E-state index in [4.69, 9.17) is 0 Å². The number of carbonyl (C=O) groups is 2. The topological polar surface area (TPSA) is 37.4 Å². The molecule has 3 atom stereocenters. The van der Waals surface area contributed by atoms with Gasteiger partial charge in [0.1, 0.15) is 6.29 Å². The largest absolute Gasteiger partial charge is 0.335 e. The summed E-state index contributed by atoms with van der Waals surface area (Å²) in [6.07, 6.45) is 2.81. The summed E-state index contributed by atoms with van der Waals surface area (Å²) in [5.74, 6) is 0.964. The van der Waals surface area contributed by atoms with Gasteiger partial charge < -0.3 is 9.69 Å². The van der Waals surface area contributed by atoms with Crippen LogP contribution in [0.15, 0.2) is 0 Å². The molecule has 3 nitrogen and oxygen atoms in total. The van der Waals surface area contributed by atoms with Gasteiger partial charge in [-0.2, -0.15) is 0 Å². The van der Waals surface area contributed by atoms with Crippen LogP contribution >= 0.6 is 0 Å². The van der Waals surface area contributed by atoms with Gasteiger partial charge in [-0.05, 0) is 23.7 Å². The molecule has 1 aliphatic carbocycles. The van der Waals surface area contributed by atoms with E-state index in [0.717, 1.165) is 25.7 Å². The molecular weight excluding hydrogens is 166 g/mol. The Bertz CT molecular complexity index is 249. The third kappa shape index (κ3) is 1.02. The Labute approximate surface area is 78.1 Å². The van der Waals surface area contributed by atoms with Gasteiger partial charge in [0, 0.05) is 6.54 Å². The van der Waals surface area contributed by atoms with Crippen LogP contribution in [0.5, 0.6) is 0 Å². The van der Waals surface area contributed by atoms with Crippen molar-refractivity contribution in [3.63, 3.8) is 0 Å². The summed E-state index contributed by atoms with van der Waals surface area (Å²) < 4.78 is 0. The molecule has 0 aromatic rings. The van der Waals surface area contributed by atoms with Crippen molar-refractivity contribution < 1.29 is 9.59 Å². The molecule has 2 fully saturated rings. The second-order valence-electron chi connectivity index (χ2n) is 4.89. The van der Waals surface area contributed by atoms with Gasteiger partial charge in [0.15, 0.2) is 0 Å². The number of hydrogen-bond donors (Lipinski definition) is 0. The van der Waals surface area contributed by atoms with Gasteiger partial charge in [-0.1, -0.05) is 13.8 Å². The maximum absolute atomic E-state index is 10.8. The van der Waals surface area contributed by atoms with Crippen LogP contribution in [-0.2, 0) is 9.59 Å². The minimum Gasteiger partial charge on any atom is -0.335 e. The first-order valence-electron chi connectivity index (χ1n) is 4.76. The first-order valence-corrected chi connectivity index (χ1v) is 4.76. The molecule has 1 amide bonds. The number of amides is 1. The summed E-state index contributed by atoms with van der Waals surface area (Å²) in [6, 6.07) is -0.143. The molecular formula is C10H15NO2. The fourth-order valence-electron chi connectivity index (χ4n) is 2.95. The number of nitrogens with zero attached hydrogens (tertiary/aromatic N) is 1. The lowest BCUT2D eigenvalue weighted by Crippen LogP contribution is -2.45. The molecule has 0 spiro atoms. The van der Waals surface area contributed by atoms with Gasteiger partial charge in [0.25, 0.3) is 0 Å². The van der Waals surface area contributed by atoms with Gasteiger partial charge >= 0.3 is 0 Å². The minimum atomic E-state index is -0.143. The molecule has 72 valence electrons. The van der Waals surface area contributed by atoms with Crippen molar-refractivity contribution in [1.29, 1.82) is 0 Å². The average Bonchev–Trinajstić information content (AvgIpc) is 2.39. The molecule has 0 aromatic carbocycles. The standard InChI is InChI=1S/C10H15NO2/c1-10(2)3-7-8(10)4-11(6-13)9(7)5-12/h5-9H,3-4H2,1-2H3. The van der Waals surface area contributed by atoms with Crippen LogP contribution in [0.25, 0.3) is 0 Å². The van der Waals surface area contributed by atoms with E-state index in [9.17, 15) is 9.59 Å². The van der Waals surface area contributed by atoms with E-state index in [1.54, 1.807) is 4.90 Å². The fraction of sp³-hybridized carbons (Fsp3) is 0.800. The van der Waals surface area contributed by atoms with Gasteiger partial charge in [-0.3, -0.25) is 4.79 Å². The maximum Gasteiger partial charge on any atom is 0.210 e. The summed E-state index contributed by atoms with van der Waals surface area (Å²) in [7, 11) is 0. The maximum atomic E-state index is 10.8. The van der Waals surface area contributed by atoms with Crippen molar-refractivity contribution in [3.8, 4) is 0 Å². The van der Waals surface area contributed by atoms with Gasteiger partial charge in [-0.15, -0.1) is 0 Å². The summed E-state index contributed by atoms with van der Waals surface area (Å²) in [5, 5.41) is 0. The van der Waals surface area contributed by atoms with Crippen molar-refractivity contribution in [2.24, 2.45) is 17.3 Å². The molecule has 2 aliphatic rings. The van der Waals surface area contributed by atoms with Gasteiger partial charge in [-0.25, -0.2) is 0 Å². The molecule has 1 aliphatic heterocycles. The van der Waals surface area contributed by atoms with E-state index in [0.29, 0.717) is 17.3 Å². The average molecular weight is 181 g/mol. The molecule has 0 radical (unpaired) electrons. The van der Waals surface area contributed by atoms with E-state index in [2.05, 4.69) is 13.8 Å². The Morgan fingerprint density at radius 2 is 2.08 bits per heavy atom. The number of likely N-dealkylation sites (tertiary alicyclic amines) is 1. The second-order valence-corrected chi connectivity index (χ2v) is 4.89. The third-order valence-corrected chi connectivity index (χ3v) is 3.79. The lowest BCUT2D eigenvalue weighted by atomic mass is 9.56. The minimum absolute atomic E-state index is 0.143. The van der Waals surface area contributed by atoms with E-state index in [-0.39, 0.29) is 6.04 Å². The lowest BCUT2D eigenvalue weighted by Gasteiger charge is -2.48. The number of rotatable bonds is 2. The highest BCUT2D eigenvalue weighted by atomic mass is 16.1. The molecule has 1 saturated heterocycles. The van der Waals surface area contributed by atoms with Crippen molar-refractivity contribution in [3.05, 3.63) is 0 Å². The molecule has 3 unspecified atom stereocenters. The summed E-state index contributed by atoms with van der Waals surface area (Å²) in [6.45, 7) is 5.19. The van der Waals surface area contributed by atoms with Crippen LogP contribution in [-0.4, -0.2) is 30.2 Å². The van der Waals surface area contributed by atoms with Crippen molar-refractivity contribution in [2.45, 2.75) is 26.3 Å². The predicted molar refractivity (Wildman–Crippen MR) is 48.0 cm³/mol. The Morgan fingerprint density at radius 1 is 1.38 bits per heavy atom. The molecule has 0 bridgehead atoms. The van der Waals surface area contributed by atoms with Crippen LogP contribution in [0.1, 0.15) is 20.3 Å².